The Balaban J connectivity index is 0.000000215. The fourth-order valence-corrected chi connectivity index (χ4v) is 7.56. The van der Waals surface area contributed by atoms with Crippen LogP contribution in [0.3, 0.4) is 0 Å². The first-order valence-electron chi connectivity index (χ1n) is 20.5. The van der Waals surface area contributed by atoms with Gasteiger partial charge >= 0.3 is 6.18 Å². The molecule has 0 aliphatic heterocycles. The zero-order chi connectivity index (χ0) is 43.3. The molecule has 2 amide bonds. The molecule has 0 radical (unpaired) electrons. The summed E-state index contributed by atoms with van der Waals surface area (Å²) in [5.74, 6) is -2.98. The quantitative estimate of drug-likeness (QED) is 0.139. The Morgan fingerprint density at radius 3 is 1.44 bits per heavy atom. The maximum Gasteiger partial charge on any atom is 0.394 e. The van der Waals surface area contributed by atoms with Crippen LogP contribution < -0.4 is 10.6 Å². The predicted octanol–water partition coefficient (Wildman–Crippen LogP) is 11.6. The van der Waals surface area contributed by atoms with Crippen molar-refractivity contribution in [2.45, 2.75) is 143 Å². The number of carbonyl (C=O) groups is 2. The van der Waals surface area contributed by atoms with Crippen molar-refractivity contribution in [2.75, 3.05) is 10.6 Å². The van der Waals surface area contributed by atoms with Crippen molar-refractivity contribution in [1.29, 1.82) is 0 Å². The maximum atomic E-state index is 13.1. The lowest BCUT2D eigenvalue weighted by Crippen LogP contribution is -2.37. The van der Waals surface area contributed by atoms with Gasteiger partial charge in [0.05, 0.1) is 18.5 Å². The molecular formula is C44H55F7N6O2. The lowest BCUT2D eigenvalue weighted by atomic mass is 9.78. The highest BCUT2D eigenvalue weighted by Gasteiger charge is 2.48. The minimum absolute atomic E-state index is 0.101. The van der Waals surface area contributed by atoms with Crippen molar-refractivity contribution in [3.05, 3.63) is 93.8 Å². The lowest BCUT2D eigenvalue weighted by molar-refractivity contribution is -0.213. The molecule has 7 rings (SSSR count). The van der Waals surface area contributed by atoms with Crippen LogP contribution in [0.1, 0.15) is 137 Å². The Bertz CT molecular complexity index is 2040. The van der Waals surface area contributed by atoms with Crippen LogP contribution in [-0.2, 0) is 22.7 Å². The average Bonchev–Trinajstić information content (AvgIpc) is 3.55. The van der Waals surface area contributed by atoms with Crippen molar-refractivity contribution in [2.24, 2.45) is 11.3 Å². The Kier molecular flexibility index (Phi) is 14.4. The summed E-state index contributed by atoms with van der Waals surface area (Å²) in [7, 11) is 0. The van der Waals surface area contributed by atoms with Crippen molar-refractivity contribution < 1.29 is 40.3 Å². The zero-order valence-corrected chi connectivity index (χ0v) is 34.6. The minimum atomic E-state index is -4.47. The molecule has 4 aromatic rings. The van der Waals surface area contributed by atoms with E-state index in [2.05, 4.69) is 20.8 Å². The molecule has 8 nitrogen and oxygen atoms in total. The van der Waals surface area contributed by atoms with Crippen molar-refractivity contribution in [3.8, 4) is 0 Å². The second-order valence-corrected chi connectivity index (χ2v) is 16.5. The summed E-state index contributed by atoms with van der Waals surface area (Å²) in [4.78, 5) is 24.7. The van der Waals surface area contributed by atoms with E-state index in [-0.39, 0.29) is 48.6 Å². The average molecular weight is 833 g/mol. The maximum absolute atomic E-state index is 13.1. The molecule has 3 aliphatic rings. The molecule has 0 atom stereocenters. The van der Waals surface area contributed by atoms with E-state index in [1.807, 2.05) is 32.4 Å². The van der Waals surface area contributed by atoms with Gasteiger partial charge in [-0.15, -0.1) is 0 Å². The van der Waals surface area contributed by atoms with Crippen LogP contribution >= 0.6 is 0 Å². The summed E-state index contributed by atoms with van der Waals surface area (Å²) in [6.45, 7) is 10.8. The van der Waals surface area contributed by atoms with Gasteiger partial charge in [0.25, 0.3) is 0 Å². The normalized spacial score (nSPS) is 16.7. The van der Waals surface area contributed by atoms with E-state index >= 15 is 0 Å². The number of benzene rings is 2. The Hall–Kier alpha value is -4.69. The third kappa shape index (κ3) is 11.3. The van der Waals surface area contributed by atoms with Gasteiger partial charge in [0.1, 0.15) is 11.6 Å². The van der Waals surface area contributed by atoms with E-state index in [1.54, 1.807) is 28.9 Å². The van der Waals surface area contributed by atoms with E-state index in [4.69, 9.17) is 0 Å². The summed E-state index contributed by atoms with van der Waals surface area (Å²) in [6, 6.07) is 12.3. The number of hydrogen-bond donors (Lipinski definition) is 2. The number of carbonyl (C=O) groups excluding carboxylic acids is 2. The number of rotatable bonds is 12. The van der Waals surface area contributed by atoms with Crippen LogP contribution in [0.15, 0.2) is 48.5 Å². The summed E-state index contributed by atoms with van der Waals surface area (Å²) < 4.78 is 95.2. The van der Waals surface area contributed by atoms with Crippen LogP contribution in [0.25, 0.3) is 0 Å². The van der Waals surface area contributed by atoms with Gasteiger partial charge in [-0.25, -0.2) is 17.6 Å². The van der Waals surface area contributed by atoms with Crippen molar-refractivity contribution in [3.63, 3.8) is 0 Å². The first-order chi connectivity index (χ1) is 27.8. The molecule has 3 saturated carbocycles. The number of aromatic nitrogens is 4. The van der Waals surface area contributed by atoms with Gasteiger partial charge < -0.3 is 10.6 Å². The van der Waals surface area contributed by atoms with Crippen molar-refractivity contribution >= 4 is 23.5 Å². The molecule has 0 bridgehead atoms. The fraction of sp³-hybridized carbons (Fsp3) is 0.545. The highest BCUT2D eigenvalue weighted by Crippen LogP contribution is 2.46. The highest BCUT2D eigenvalue weighted by atomic mass is 19.4. The lowest BCUT2D eigenvalue weighted by Gasteiger charge is -2.34. The number of anilines is 2. The number of amides is 2. The SMILES string of the molecule is CC.Cc1c(C2CCC2)c(NC(=O)CC(C)(C)C(F)(F)F)nn1Cc1ccc(F)cc1.Cc1c(C2CCC2)c(NC(=O)CC2CC(F)(F)C2)nn1Cc1ccc(F)cc1. The number of nitrogens with zero attached hydrogens (tertiary/aromatic N) is 4. The van der Waals surface area contributed by atoms with Gasteiger partial charge in [0.15, 0.2) is 11.6 Å². The van der Waals surface area contributed by atoms with Crippen LogP contribution in [0.5, 0.6) is 0 Å². The molecule has 15 heteroatoms. The standard InChI is InChI=1S/C21H25F4N3O.C21H24F3N3O.C2H6/c1-13-18(15-5-4-6-15)19(26-17(29)11-20(2,3)21(23,24)25)27-28(13)12-14-7-9-16(22)10-8-14;1-13-19(16-3-2-4-16)20(25-18(28)9-15-10-21(23,24)11-15)26-27(13)12-14-5-7-17(22)8-6-14;1-2/h7-10,15H,4-6,11-12H2,1-3H3,(H,26,27,29);5-8,15-16H,2-4,9-12H2,1H3,(H,25,26,28);1-2H3. The molecule has 2 N–H and O–H groups in total. The monoisotopic (exact) mass is 832 g/mol. The first kappa shape index (κ1) is 45.4. The molecule has 0 saturated heterocycles. The van der Waals surface area contributed by atoms with E-state index in [9.17, 15) is 40.3 Å². The Morgan fingerprint density at radius 1 is 0.712 bits per heavy atom. The number of hydrogen-bond acceptors (Lipinski definition) is 4. The first-order valence-corrected chi connectivity index (χ1v) is 20.5. The summed E-state index contributed by atoms with van der Waals surface area (Å²) in [5, 5.41) is 14.5. The number of alkyl halides is 5. The van der Waals surface area contributed by atoms with E-state index in [0.29, 0.717) is 30.6 Å². The second kappa shape index (κ2) is 18.7. The van der Waals surface area contributed by atoms with Crippen LogP contribution in [0.2, 0.25) is 0 Å². The largest absolute Gasteiger partial charge is 0.394 e. The van der Waals surface area contributed by atoms with Gasteiger partial charge in [0.2, 0.25) is 17.7 Å². The molecule has 2 aromatic heterocycles. The third-order valence-corrected chi connectivity index (χ3v) is 11.6. The molecule has 2 heterocycles. The van der Waals surface area contributed by atoms with Crippen LogP contribution in [0, 0.1) is 36.8 Å². The van der Waals surface area contributed by atoms with Gasteiger partial charge in [-0.2, -0.15) is 23.4 Å². The molecule has 3 fully saturated rings. The minimum Gasteiger partial charge on any atom is -0.309 e. The second-order valence-electron chi connectivity index (χ2n) is 16.5. The van der Waals surface area contributed by atoms with Crippen LogP contribution in [0.4, 0.5) is 42.4 Å². The Morgan fingerprint density at radius 2 is 1.10 bits per heavy atom. The fourth-order valence-electron chi connectivity index (χ4n) is 7.56. The smallest absolute Gasteiger partial charge is 0.309 e. The molecule has 322 valence electrons. The zero-order valence-electron chi connectivity index (χ0n) is 34.6. The number of halogens is 7. The van der Waals surface area contributed by atoms with Gasteiger partial charge in [-0.3, -0.25) is 19.0 Å². The summed E-state index contributed by atoms with van der Waals surface area (Å²) in [6.07, 6.45) is 0.774. The van der Waals surface area contributed by atoms with Gasteiger partial charge in [-0.1, -0.05) is 64.8 Å². The molecule has 3 aliphatic carbocycles. The van der Waals surface area contributed by atoms with Gasteiger partial charge in [-0.05, 0) is 92.7 Å². The van der Waals surface area contributed by atoms with Crippen molar-refractivity contribution in [1.82, 2.24) is 19.6 Å². The summed E-state index contributed by atoms with van der Waals surface area (Å²) in [5.41, 5.74) is 3.41. The van der Waals surface area contributed by atoms with E-state index < -0.39 is 29.8 Å². The van der Waals surface area contributed by atoms with E-state index in [0.717, 1.165) is 86.0 Å². The van der Waals surface area contributed by atoms with Gasteiger partial charge in [0, 0.05) is 48.2 Å². The molecule has 59 heavy (non-hydrogen) atoms. The van der Waals surface area contributed by atoms with Crippen LogP contribution in [-0.4, -0.2) is 43.5 Å². The summed E-state index contributed by atoms with van der Waals surface area (Å²) >= 11 is 0. The number of nitrogens with one attached hydrogen (secondary N) is 2. The molecule has 2 aromatic carbocycles. The molecule has 0 unspecified atom stereocenters. The predicted molar refractivity (Wildman–Crippen MR) is 213 cm³/mol. The highest BCUT2D eigenvalue weighted by molar-refractivity contribution is 5.91. The topological polar surface area (TPSA) is 93.8 Å². The third-order valence-electron chi connectivity index (χ3n) is 11.6. The van der Waals surface area contributed by atoms with E-state index in [1.165, 1.54) is 24.3 Å². The molecule has 0 spiro atoms. The molecular weight excluding hydrogens is 778 g/mol. The Labute approximate surface area is 341 Å².